The van der Waals surface area contributed by atoms with Gasteiger partial charge < -0.3 is 9.84 Å². The molecule has 2 aromatic carbocycles. The van der Waals surface area contributed by atoms with Crippen molar-refractivity contribution < 1.29 is 14.6 Å². The second-order valence-corrected chi connectivity index (χ2v) is 6.27. The predicted molar refractivity (Wildman–Crippen MR) is 99.0 cm³/mol. The van der Waals surface area contributed by atoms with Gasteiger partial charge in [-0.15, -0.1) is 5.10 Å². The highest BCUT2D eigenvalue weighted by molar-refractivity contribution is 5.73. The monoisotopic (exact) mass is 353 g/mol. The van der Waals surface area contributed by atoms with Gasteiger partial charge in [-0.2, -0.15) is 0 Å². The first kappa shape index (κ1) is 17.9. The van der Waals surface area contributed by atoms with Gasteiger partial charge in [-0.05, 0) is 43.0 Å². The Morgan fingerprint density at radius 2 is 1.77 bits per heavy atom. The van der Waals surface area contributed by atoms with Crippen LogP contribution >= 0.6 is 0 Å². The van der Waals surface area contributed by atoms with Crippen LogP contribution in [0.3, 0.4) is 0 Å². The molecule has 26 heavy (non-hydrogen) atoms. The number of aliphatic carboxylic acids is 1. The van der Waals surface area contributed by atoms with Gasteiger partial charge in [0.15, 0.2) is 6.73 Å². The van der Waals surface area contributed by atoms with Crippen molar-refractivity contribution in [2.75, 3.05) is 0 Å². The molecular formula is C20H23N3O3. The van der Waals surface area contributed by atoms with Gasteiger partial charge in [0.1, 0.15) is 11.3 Å². The molecule has 1 heterocycles. The number of nitrogens with zero attached hydrogens (tertiary/aromatic N) is 3. The number of carbonyl (C=O) groups is 1. The van der Waals surface area contributed by atoms with Gasteiger partial charge in [0.2, 0.25) is 0 Å². The van der Waals surface area contributed by atoms with Crippen molar-refractivity contribution in [3.8, 4) is 5.75 Å². The number of carboxylic acids is 1. The van der Waals surface area contributed by atoms with Crippen LogP contribution in [0.15, 0.2) is 48.5 Å². The van der Waals surface area contributed by atoms with Crippen LogP contribution in [0.4, 0.5) is 0 Å². The minimum atomic E-state index is -0.718. The maximum atomic E-state index is 10.5. The third kappa shape index (κ3) is 4.81. The summed E-state index contributed by atoms with van der Waals surface area (Å²) in [5.74, 6) is 0.141. The number of unbranched alkanes of at least 4 members (excludes halogenated alkanes) is 3. The van der Waals surface area contributed by atoms with E-state index in [9.17, 15) is 4.79 Å². The van der Waals surface area contributed by atoms with Crippen LogP contribution in [-0.4, -0.2) is 26.1 Å². The average Bonchev–Trinajstić information content (AvgIpc) is 3.06. The van der Waals surface area contributed by atoms with Crippen LogP contribution in [-0.2, 0) is 17.9 Å². The Bertz CT molecular complexity index is 860. The summed E-state index contributed by atoms with van der Waals surface area (Å²) in [5.41, 5.74) is 2.96. The van der Waals surface area contributed by atoms with E-state index in [0.717, 1.165) is 54.5 Å². The van der Waals surface area contributed by atoms with Crippen molar-refractivity contribution in [3.05, 3.63) is 54.1 Å². The molecule has 3 rings (SSSR count). The molecule has 0 aliphatic heterocycles. The molecule has 0 aliphatic rings. The molecule has 0 saturated heterocycles. The molecule has 0 bridgehead atoms. The zero-order valence-electron chi connectivity index (χ0n) is 14.7. The fourth-order valence-electron chi connectivity index (χ4n) is 2.94. The minimum absolute atomic E-state index is 0.256. The molecule has 0 saturated carbocycles. The third-order valence-electron chi connectivity index (χ3n) is 4.32. The number of rotatable bonds is 10. The van der Waals surface area contributed by atoms with E-state index in [1.807, 2.05) is 42.5 Å². The standard InChI is InChI=1S/C20H23N3O3/c24-20(25)14-4-2-1-3-9-16-10-5-8-13-19(16)26-15-23-18-12-7-6-11-17(18)21-22-23/h5-8,10-13H,1-4,9,14-15H2,(H,24,25). The van der Waals surface area contributed by atoms with Gasteiger partial charge in [-0.25, -0.2) is 4.68 Å². The van der Waals surface area contributed by atoms with Crippen LogP contribution in [0, 0.1) is 0 Å². The fraction of sp³-hybridized carbons (Fsp3) is 0.350. The number of para-hydroxylation sites is 2. The van der Waals surface area contributed by atoms with E-state index in [0.29, 0.717) is 6.73 Å². The Balaban J connectivity index is 1.53. The Kier molecular flexibility index (Phi) is 6.19. The van der Waals surface area contributed by atoms with E-state index in [4.69, 9.17) is 9.84 Å². The molecule has 136 valence electrons. The first-order valence-electron chi connectivity index (χ1n) is 8.95. The molecular weight excluding hydrogens is 330 g/mol. The summed E-state index contributed by atoms with van der Waals surface area (Å²) in [5, 5.41) is 16.9. The Hall–Kier alpha value is -2.89. The fourth-order valence-corrected chi connectivity index (χ4v) is 2.94. The second-order valence-electron chi connectivity index (χ2n) is 6.27. The van der Waals surface area contributed by atoms with Crippen LogP contribution in [0.2, 0.25) is 0 Å². The zero-order chi connectivity index (χ0) is 18.2. The van der Waals surface area contributed by atoms with Crippen molar-refractivity contribution in [1.82, 2.24) is 15.0 Å². The molecule has 0 atom stereocenters. The lowest BCUT2D eigenvalue weighted by molar-refractivity contribution is -0.137. The lowest BCUT2D eigenvalue weighted by Crippen LogP contribution is -2.08. The Labute approximate surface area is 152 Å². The normalized spacial score (nSPS) is 10.9. The first-order valence-corrected chi connectivity index (χ1v) is 8.95. The Morgan fingerprint density at radius 1 is 1.00 bits per heavy atom. The predicted octanol–water partition coefficient (Wildman–Crippen LogP) is 4.05. The molecule has 6 nitrogen and oxygen atoms in total. The Morgan fingerprint density at radius 3 is 2.65 bits per heavy atom. The maximum absolute atomic E-state index is 10.5. The molecule has 0 radical (unpaired) electrons. The van der Waals surface area contributed by atoms with E-state index in [-0.39, 0.29) is 6.42 Å². The van der Waals surface area contributed by atoms with Gasteiger partial charge in [0.25, 0.3) is 0 Å². The van der Waals surface area contributed by atoms with Crippen LogP contribution < -0.4 is 4.74 Å². The van der Waals surface area contributed by atoms with Gasteiger partial charge in [-0.3, -0.25) is 4.79 Å². The highest BCUT2D eigenvalue weighted by Crippen LogP contribution is 2.21. The molecule has 6 heteroatoms. The number of carboxylic acid groups (broad SMARTS) is 1. The topological polar surface area (TPSA) is 77.2 Å². The molecule has 0 fully saturated rings. The van der Waals surface area contributed by atoms with E-state index in [1.165, 1.54) is 0 Å². The summed E-state index contributed by atoms with van der Waals surface area (Å²) in [4.78, 5) is 10.5. The summed E-state index contributed by atoms with van der Waals surface area (Å²) >= 11 is 0. The molecule has 0 amide bonds. The maximum Gasteiger partial charge on any atom is 0.303 e. The third-order valence-corrected chi connectivity index (χ3v) is 4.32. The van der Waals surface area contributed by atoms with E-state index in [2.05, 4.69) is 16.4 Å². The highest BCUT2D eigenvalue weighted by atomic mass is 16.5. The van der Waals surface area contributed by atoms with Gasteiger partial charge in [0, 0.05) is 6.42 Å². The number of benzene rings is 2. The highest BCUT2D eigenvalue weighted by Gasteiger charge is 2.07. The zero-order valence-corrected chi connectivity index (χ0v) is 14.7. The van der Waals surface area contributed by atoms with E-state index in [1.54, 1.807) is 4.68 Å². The summed E-state index contributed by atoms with van der Waals surface area (Å²) in [6.45, 7) is 0.316. The number of hydrogen-bond donors (Lipinski definition) is 1. The average molecular weight is 353 g/mol. The molecule has 1 N–H and O–H groups in total. The molecule has 1 aromatic heterocycles. The SMILES string of the molecule is O=C(O)CCCCCCc1ccccc1OCn1nnc2ccccc21. The smallest absolute Gasteiger partial charge is 0.303 e. The minimum Gasteiger partial charge on any atom is -0.481 e. The lowest BCUT2D eigenvalue weighted by Gasteiger charge is -2.11. The van der Waals surface area contributed by atoms with Gasteiger partial charge in [-0.1, -0.05) is 48.4 Å². The summed E-state index contributed by atoms with van der Waals surface area (Å²) in [6.07, 6.45) is 4.90. The van der Waals surface area contributed by atoms with E-state index >= 15 is 0 Å². The number of ether oxygens (including phenoxy) is 1. The lowest BCUT2D eigenvalue weighted by atomic mass is 10.0. The summed E-state index contributed by atoms with van der Waals surface area (Å²) in [7, 11) is 0. The number of aryl methyl sites for hydroxylation is 1. The van der Waals surface area contributed by atoms with Crippen LogP contribution in [0.25, 0.3) is 11.0 Å². The van der Waals surface area contributed by atoms with Crippen molar-refractivity contribution in [2.24, 2.45) is 0 Å². The van der Waals surface area contributed by atoms with Gasteiger partial charge in [0.05, 0.1) is 5.52 Å². The van der Waals surface area contributed by atoms with Crippen molar-refractivity contribution in [3.63, 3.8) is 0 Å². The largest absolute Gasteiger partial charge is 0.481 e. The first-order chi connectivity index (χ1) is 12.7. The second kappa shape index (κ2) is 8.99. The summed E-state index contributed by atoms with van der Waals surface area (Å²) in [6, 6.07) is 15.8. The van der Waals surface area contributed by atoms with Crippen LogP contribution in [0.5, 0.6) is 5.75 Å². The number of fused-ring (bicyclic) bond motifs is 1. The molecule has 0 aliphatic carbocycles. The van der Waals surface area contributed by atoms with Crippen molar-refractivity contribution in [1.29, 1.82) is 0 Å². The summed E-state index contributed by atoms with van der Waals surface area (Å²) < 4.78 is 7.73. The van der Waals surface area contributed by atoms with Crippen LogP contribution in [0.1, 0.15) is 37.7 Å². The van der Waals surface area contributed by atoms with E-state index < -0.39 is 5.97 Å². The molecule has 3 aromatic rings. The van der Waals surface area contributed by atoms with Gasteiger partial charge >= 0.3 is 5.97 Å². The van der Waals surface area contributed by atoms with Crippen molar-refractivity contribution in [2.45, 2.75) is 45.3 Å². The van der Waals surface area contributed by atoms with Crippen molar-refractivity contribution >= 4 is 17.0 Å². The number of aromatic nitrogens is 3. The molecule has 0 spiro atoms. The quantitative estimate of drug-likeness (QED) is 0.557. The number of hydrogen-bond acceptors (Lipinski definition) is 4. The molecule has 0 unspecified atom stereocenters.